The van der Waals surface area contributed by atoms with Gasteiger partial charge in [-0.2, -0.15) is 0 Å². The molecule has 0 spiro atoms. The highest BCUT2D eigenvalue weighted by atomic mass is 35.5. The molecule has 5 nitrogen and oxygen atoms in total. The van der Waals surface area contributed by atoms with E-state index in [2.05, 4.69) is 27.6 Å². The molecule has 1 amide bonds. The van der Waals surface area contributed by atoms with E-state index in [1.807, 2.05) is 25.1 Å². The van der Waals surface area contributed by atoms with Gasteiger partial charge in [0.1, 0.15) is 0 Å². The van der Waals surface area contributed by atoms with Crippen LogP contribution in [0.3, 0.4) is 0 Å². The molecule has 0 fully saturated rings. The standard InChI is InChI=1S/C18H16ClN3O2S/c1-12-5-7-15(8-6-12)25-10-9-16(23)20-18-22-21-17(24-18)13-3-2-4-14(19)11-13/h2-8,11H,9-10H2,1H3,(H,20,22,23). The fourth-order valence-electron chi connectivity index (χ4n) is 2.09. The van der Waals surface area contributed by atoms with E-state index in [1.54, 1.807) is 30.0 Å². The Morgan fingerprint density at radius 1 is 1.20 bits per heavy atom. The lowest BCUT2D eigenvalue weighted by Gasteiger charge is -2.02. The average molecular weight is 374 g/mol. The molecule has 1 N–H and O–H groups in total. The summed E-state index contributed by atoms with van der Waals surface area (Å²) >= 11 is 7.57. The van der Waals surface area contributed by atoms with Gasteiger partial charge in [0.15, 0.2) is 0 Å². The van der Waals surface area contributed by atoms with Gasteiger partial charge in [0.05, 0.1) is 0 Å². The number of aromatic nitrogens is 2. The number of halogens is 1. The van der Waals surface area contributed by atoms with Crippen molar-refractivity contribution in [3.8, 4) is 11.5 Å². The Bertz CT molecular complexity index is 865. The van der Waals surface area contributed by atoms with Crippen molar-refractivity contribution in [2.45, 2.75) is 18.2 Å². The molecule has 128 valence electrons. The lowest BCUT2D eigenvalue weighted by molar-refractivity contribution is -0.115. The Balaban J connectivity index is 1.50. The van der Waals surface area contributed by atoms with Gasteiger partial charge < -0.3 is 4.42 Å². The second-order valence-corrected chi connectivity index (χ2v) is 6.99. The zero-order valence-electron chi connectivity index (χ0n) is 13.5. The Hall–Kier alpha value is -2.31. The topological polar surface area (TPSA) is 68.0 Å². The van der Waals surface area contributed by atoms with Crippen LogP contribution in [0.5, 0.6) is 0 Å². The Labute approximate surface area is 154 Å². The zero-order valence-corrected chi connectivity index (χ0v) is 15.1. The lowest BCUT2D eigenvalue weighted by Crippen LogP contribution is -2.12. The Kier molecular flexibility index (Phi) is 5.73. The molecule has 0 aliphatic heterocycles. The number of anilines is 1. The molecule has 0 bridgehead atoms. The molecule has 3 rings (SSSR count). The highest BCUT2D eigenvalue weighted by molar-refractivity contribution is 7.99. The minimum absolute atomic E-state index is 0.0836. The van der Waals surface area contributed by atoms with Crippen molar-refractivity contribution in [1.29, 1.82) is 0 Å². The van der Waals surface area contributed by atoms with Gasteiger partial charge in [-0.05, 0) is 37.3 Å². The van der Waals surface area contributed by atoms with E-state index in [4.69, 9.17) is 16.0 Å². The second-order valence-electron chi connectivity index (χ2n) is 5.38. The van der Waals surface area contributed by atoms with Crippen molar-refractivity contribution in [2.24, 2.45) is 0 Å². The molecule has 0 aliphatic carbocycles. The minimum atomic E-state index is -0.166. The number of carbonyl (C=O) groups is 1. The SMILES string of the molecule is Cc1ccc(SCCC(=O)Nc2nnc(-c3cccc(Cl)c3)o2)cc1. The van der Waals surface area contributed by atoms with Crippen LogP contribution in [0.4, 0.5) is 6.01 Å². The number of thioether (sulfide) groups is 1. The van der Waals surface area contributed by atoms with Crippen LogP contribution >= 0.6 is 23.4 Å². The Morgan fingerprint density at radius 2 is 2.00 bits per heavy atom. The Morgan fingerprint density at radius 3 is 2.76 bits per heavy atom. The van der Waals surface area contributed by atoms with Crippen molar-refractivity contribution in [3.05, 3.63) is 59.1 Å². The van der Waals surface area contributed by atoms with Crippen LogP contribution in [0.15, 0.2) is 57.8 Å². The molecule has 1 heterocycles. The van der Waals surface area contributed by atoms with E-state index < -0.39 is 0 Å². The zero-order chi connectivity index (χ0) is 17.6. The van der Waals surface area contributed by atoms with E-state index in [0.29, 0.717) is 28.7 Å². The summed E-state index contributed by atoms with van der Waals surface area (Å²) in [6.45, 7) is 2.05. The summed E-state index contributed by atoms with van der Waals surface area (Å²) in [5, 5.41) is 11.0. The van der Waals surface area contributed by atoms with Crippen LogP contribution in [0, 0.1) is 6.92 Å². The molecule has 1 aromatic heterocycles. The minimum Gasteiger partial charge on any atom is -0.403 e. The highest BCUT2D eigenvalue weighted by Crippen LogP contribution is 2.23. The number of rotatable bonds is 6. The number of amides is 1. The first-order valence-corrected chi connectivity index (χ1v) is 9.05. The van der Waals surface area contributed by atoms with Gasteiger partial charge >= 0.3 is 6.01 Å². The third-order valence-electron chi connectivity index (χ3n) is 3.36. The quantitative estimate of drug-likeness (QED) is 0.627. The molecule has 0 saturated carbocycles. The number of hydrogen-bond donors (Lipinski definition) is 1. The summed E-state index contributed by atoms with van der Waals surface area (Å²) in [6.07, 6.45) is 0.355. The molecule has 0 atom stereocenters. The molecule has 25 heavy (non-hydrogen) atoms. The van der Waals surface area contributed by atoms with Gasteiger partial charge in [0.25, 0.3) is 0 Å². The van der Waals surface area contributed by atoms with E-state index in [0.717, 1.165) is 4.90 Å². The number of hydrogen-bond acceptors (Lipinski definition) is 5. The van der Waals surface area contributed by atoms with E-state index in [1.165, 1.54) is 5.56 Å². The number of carbonyl (C=O) groups excluding carboxylic acids is 1. The van der Waals surface area contributed by atoms with Crippen LogP contribution < -0.4 is 5.32 Å². The maximum absolute atomic E-state index is 12.0. The molecule has 3 aromatic rings. The molecule has 7 heteroatoms. The van der Waals surface area contributed by atoms with Gasteiger partial charge in [-0.15, -0.1) is 16.9 Å². The smallest absolute Gasteiger partial charge is 0.322 e. The summed E-state index contributed by atoms with van der Waals surface area (Å²) in [5.74, 6) is 0.817. The van der Waals surface area contributed by atoms with Gasteiger partial charge in [-0.1, -0.05) is 40.5 Å². The van der Waals surface area contributed by atoms with Crippen LogP contribution in [0.2, 0.25) is 5.02 Å². The second kappa shape index (κ2) is 8.18. The maximum atomic E-state index is 12.0. The summed E-state index contributed by atoms with van der Waals surface area (Å²) in [6, 6.07) is 15.4. The van der Waals surface area contributed by atoms with E-state index >= 15 is 0 Å². The van der Waals surface area contributed by atoms with Crippen molar-refractivity contribution in [1.82, 2.24) is 10.2 Å². The fraction of sp³-hybridized carbons (Fsp3) is 0.167. The van der Waals surface area contributed by atoms with Crippen LogP contribution in [-0.2, 0) is 4.79 Å². The van der Waals surface area contributed by atoms with Crippen LogP contribution in [0.25, 0.3) is 11.5 Å². The number of nitrogens with zero attached hydrogens (tertiary/aromatic N) is 2. The summed E-state index contributed by atoms with van der Waals surface area (Å²) in [5.41, 5.74) is 1.92. The predicted molar refractivity (Wildman–Crippen MR) is 99.9 cm³/mol. The fourth-order valence-corrected chi connectivity index (χ4v) is 3.13. The summed E-state index contributed by atoms with van der Waals surface area (Å²) in [7, 11) is 0. The third-order valence-corrected chi connectivity index (χ3v) is 4.61. The first-order chi connectivity index (χ1) is 12.1. The molecule has 0 aliphatic rings. The highest BCUT2D eigenvalue weighted by Gasteiger charge is 2.11. The molecule has 0 radical (unpaired) electrons. The first-order valence-electron chi connectivity index (χ1n) is 7.69. The van der Waals surface area contributed by atoms with E-state index in [-0.39, 0.29) is 11.9 Å². The molecule has 2 aromatic carbocycles. The van der Waals surface area contributed by atoms with Gasteiger partial charge in [-0.25, -0.2) is 0 Å². The van der Waals surface area contributed by atoms with E-state index in [9.17, 15) is 4.79 Å². The summed E-state index contributed by atoms with van der Waals surface area (Å²) in [4.78, 5) is 13.1. The van der Waals surface area contributed by atoms with Crippen molar-refractivity contribution >= 4 is 35.3 Å². The molecule has 0 saturated heterocycles. The van der Waals surface area contributed by atoms with Gasteiger partial charge in [0, 0.05) is 27.7 Å². The molecule has 0 unspecified atom stereocenters. The molecular formula is C18H16ClN3O2S. The van der Waals surface area contributed by atoms with Crippen LogP contribution in [-0.4, -0.2) is 21.9 Å². The van der Waals surface area contributed by atoms with Gasteiger partial charge in [0.2, 0.25) is 11.8 Å². The van der Waals surface area contributed by atoms with Gasteiger partial charge in [-0.3, -0.25) is 10.1 Å². The average Bonchev–Trinajstić information content (AvgIpc) is 3.05. The lowest BCUT2D eigenvalue weighted by atomic mass is 10.2. The maximum Gasteiger partial charge on any atom is 0.322 e. The normalized spacial score (nSPS) is 10.6. The van der Waals surface area contributed by atoms with Crippen molar-refractivity contribution in [3.63, 3.8) is 0 Å². The first kappa shape index (κ1) is 17.5. The summed E-state index contributed by atoms with van der Waals surface area (Å²) < 4.78 is 5.45. The number of aryl methyl sites for hydroxylation is 1. The number of benzene rings is 2. The molecular weight excluding hydrogens is 358 g/mol. The predicted octanol–water partition coefficient (Wildman–Crippen LogP) is 4.82. The number of nitrogens with one attached hydrogen (secondary N) is 1. The largest absolute Gasteiger partial charge is 0.403 e. The van der Waals surface area contributed by atoms with Crippen molar-refractivity contribution in [2.75, 3.05) is 11.1 Å². The third kappa shape index (κ3) is 5.08. The van der Waals surface area contributed by atoms with Crippen molar-refractivity contribution < 1.29 is 9.21 Å². The van der Waals surface area contributed by atoms with Crippen LogP contribution in [0.1, 0.15) is 12.0 Å². The monoisotopic (exact) mass is 373 g/mol.